The second-order valence-corrected chi connectivity index (χ2v) is 5.47. The van der Waals surface area contributed by atoms with Gasteiger partial charge in [0, 0.05) is 25.2 Å². The summed E-state index contributed by atoms with van der Waals surface area (Å²) in [7, 11) is 0. The Morgan fingerprint density at radius 2 is 1.87 bits per heavy atom. The van der Waals surface area contributed by atoms with Crippen molar-refractivity contribution in [3.63, 3.8) is 0 Å². The smallest absolute Gasteiger partial charge is 0.0684 e. The van der Waals surface area contributed by atoms with E-state index >= 15 is 0 Å². The van der Waals surface area contributed by atoms with Gasteiger partial charge in [0.15, 0.2) is 0 Å². The minimum absolute atomic E-state index is 0.183. The van der Waals surface area contributed by atoms with E-state index in [0.29, 0.717) is 12.1 Å². The van der Waals surface area contributed by atoms with Crippen molar-refractivity contribution in [1.29, 1.82) is 5.26 Å². The van der Waals surface area contributed by atoms with Crippen molar-refractivity contribution in [2.45, 2.75) is 46.2 Å². The molecule has 0 aliphatic carbocycles. The summed E-state index contributed by atoms with van der Waals surface area (Å²) in [4.78, 5) is 2.46. The molecule has 15 heavy (non-hydrogen) atoms. The summed E-state index contributed by atoms with van der Waals surface area (Å²) in [6.07, 6.45) is 0.961. The highest BCUT2D eigenvalue weighted by molar-refractivity contribution is 4.92. The number of piperazine rings is 1. The Kier molecular flexibility index (Phi) is 4.12. The van der Waals surface area contributed by atoms with Crippen LogP contribution < -0.4 is 5.32 Å². The number of nitrogens with one attached hydrogen (secondary N) is 1. The van der Waals surface area contributed by atoms with Crippen LogP contribution in [-0.4, -0.2) is 36.6 Å². The van der Waals surface area contributed by atoms with E-state index in [1.807, 2.05) is 13.8 Å². The van der Waals surface area contributed by atoms with Gasteiger partial charge in [0.05, 0.1) is 11.5 Å². The average Bonchev–Trinajstić information content (AvgIpc) is 2.14. The van der Waals surface area contributed by atoms with Crippen LogP contribution in [0.4, 0.5) is 0 Å². The van der Waals surface area contributed by atoms with Crippen molar-refractivity contribution in [3.8, 4) is 6.07 Å². The van der Waals surface area contributed by atoms with Gasteiger partial charge in [0.25, 0.3) is 0 Å². The van der Waals surface area contributed by atoms with Gasteiger partial charge < -0.3 is 10.2 Å². The third-order valence-electron chi connectivity index (χ3n) is 2.99. The molecule has 2 unspecified atom stereocenters. The molecule has 0 aromatic rings. The van der Waals surface area contributed by atoms with Crippen LogP contribution in [0.15, 0.2) is 0 Å². The van der Waals surface area contributed by atoms with Crippen LogP contribution in [0.5, 0.6) is 0 Å². The predicted molar refractivity (Wildman–Crippen MR) is 62.5 cm³/mol. The van der Waals surface area contributed by atoms with Crippen molar-refractivity contribution >= 4 is 0 Å². The van der Waals surface area contributed by atoms with Crippen LogP contribution in [0.1, 0.15) is 34.1 Å². The van der Waals surface area contributed by atoms with Crippen LogP contribution in [0.3, 0.4) is 0 Å². The first kappa shape index (κ1) is 12.5. The number of rotatable bonds is 3. The Morgan fingerprint density at radius 3 is 2.33 bits per heavy atom. The maximum atomic E-state index is 8.95. The molecule has 1 saturated heterocycles. The van der Waals surface area contributed by atoms with E-state index in [2.05, 4.69) is 30.1 Å². The minimum Gasteiger partial charge on any atom is -0.309 e. The van der Waals surface area contributed by atoms with Crippen LogP contribution in [0.2, 0.25) is 0 Å². The molecule has 0 saturated carbocycles. The van der Waals surface area contributed by atoms with Gasteiger partial charge in [-0.05, 0) is 40.7 Å². The fourth-order valence-corrected chi connectivity index (χ4v) is 2.12. The standard InChI is InChI=1S/C12H23N3/c1-10-7-15(8-11(2)14-10)6-5-12(3,4)9-13/h10-11,14H,5-8H2,1-4H3. The van der Waals surface area contributed by atoms with Crippen molar-refractivity contribution in [2.24, 2.45) is 5.41 Å². The fourth-order valence-electron chi connectivity index (χ4n) is 2.12. The lowest BCUT2D eigenvalue weighted by molar-refractivity contribution is 0.160. The van der Waals surface area contributed by atoms with E-state index in [0.717, 1.165) is 26.1 Å². The van der Waals surface area contributed by atoms with E-state index in [1.54, 1.807) is 0 Å². The lowest BCUT2D eigenvalue weighted by Crippen LogP contribution is -2.54. The lowest BCUT2D eigenvalue weighted by atomic mass is 9.91. The molecule has 1 aliphatic rings. The summed E-state index contributed by atoms with van der Waals surface area (Å²) in [6, 6.07) is 3.50. The van der Waals surface area contributed by atoms with Gasteiger partial charge in [-0.15, -0.1) is 0 Å². The largest absolute Gasteiger partial charge is 0.309 e. The van der Waals surface area contributed by atoms with Gasteiger partial charge >= 0.3 is 0 Å². The lowest BCUT2D eigenvalue weighted by Gasteiger charge is -2.37. The first-order valence-electron chi connectivity index (χ1n) is 5.82. The van der Waals surface area contributed by atoms with E-state index < -0.39 is 0 Å². The van der Waals surface area contributed by atoms with Crippen LogP contribution in [0.25, 0.3) is 0 Å². The predicted octanol–water partition coefficient (Wildman–Crippen LogP) is 1.61. The second-order valence-electron chi connectivity index (χ2n) is 5.47. The van der Waals surface area contributed by atoms with Crippen molar-refractivity contribution in [2.75, 3.05) is 19.6 Å². The maximum absolute atomic E-state index is 8.95. The number of hydrogen-bond acceptors (Lipinski definition) is 3. The summed E-state index contributed by atoms with van der Waals surface area (Å²) < 4.78 is 0. The Hall–Kier alpha value is -0.590. The summed E-state index contributed by atoms with van der Waals surface area (Å²) in [6.45, 7) is 11.7. The summed E-state index contributed by atoms with van der Waals surface area (Å²) >= 11 is 0. The third kappa shape index (κ3) is 4.19. The third-order valence-corrected chi connectivity index (χ3v) is 2.99. The Labute approximate surface area is 93.5 Å². The van der Waals surface area contributed by atoms with Gasteiger partial charge in [-0.1, -0.05) is 0 Å². The van der Waals surface area contributed by atoms with Crippen LogP contribution in [-0.2, 0) is 0 Å². The van der Waals surface area contributed by atoms with Gasteiger partial charge in [0.1, 0.15) is 0 Å². The zero-order valence-corrected chi connectivity index (χ0v) is 10.4. The average molecular weight is 209 g/mol. The van der Waals surface area contributed by atoms with Gasteiger partial charge in [-0.3, -0.25) is 0 Å². The van der Waals surface area contributed by atoms with E-state index in [4.69, 9.17) is 5.26 Å². The molecular formula is C12H23N3. The molecule has 0 bridgehead atoms. The SMILES string of the molecule is CC1CN(CCC(C)(C)C#N)CC(C)N1. The monoisotopic (exact) mass is 209 g/mol. The van der Waals surface area contributed by atoms with E-state index in [1.165, 1.54) is 0 Å². The quantitative estimate of drug-likeness (QED) is 0.767. The van der Waals surface area contributed by atoms with E-state index in [9.17, 15) is 0 Å². The topological polar surface area (TPSA) is 39.1 Å². The molecule has 1 heterocycles. The van der Waals surface area contributed by atoms with Crippen molar-refractivity contribution in [3.05, 3.63) is 0 Å². The summed E-state index contributed by atoms with van der Waals surface area (Å²) in [5, 5.41) is 12.5. The molecule has 3 nitrogen and oxygen atoms in total. The number of nitrogens with zero attached hydrogens (tertiary/aromatic N) is 2. The molecule has 1 rings (SSSR count). The number of hydrogen-bond donors (Lipinski definition) is 1. The van der Waals surface area contributed by atoms with Gasteiger partial charge in [-0.2, -0.15) is 5.26 Å². The normalized spacial score (nSPS) is 28.7. The zero-order valence-electron chi connectivity index (χ0n) is 10.4. The molecule has 0 spiro atoms. The first-order valence-corrected chi connectivity index (χ1v) is 5.82. The van der Waals surface area contributed by atoms with Gasteiger partial charge in [0.2, 0.25) is 0 Å². The molecule has 0 aromatic heterocycles. The Morgan fingerprint density at radius 1 is 1.33 bits per heavy atom. The molecule has 3 heteroatoms. The molecule has 2 atom stereocenters. The molecule has 0 radical (unpaired) electrons. The van der Waals surface area contributed by atoms with Crippen LogP contribution in [0, 0.1) is 16.7 Å². The van der Waals surface area contributed by atoms with E-state index in [-0.39, 0.29) is 5.41 Å². The van der Waals surface area contributed by atoms with Crippen molar-refractivity contribution in [1.82, 2.24) is 10.2 Å². The molecule has 0 aromatic carbocycles. The highest BCUT2D eigenvalue weighted by Crippen LogP contribution is 2.19. The molecule has 0 amide bonds. The zero-order chi connectivity index (χ0) is 11.5. The summed E-state index contributed by atoms with van der Waals surface area (Å²) in [5.41, 5.74) is -0.183. The summed E-state index contributed by atoms with van der Waals surface area (Å²) in [5.74, 6) is 0. The Balaban J connectivity index is 2.36. The fraction of sp³-hybridized carbons (Fsp3) is 0.917. The number of nitriles is 1. The molecule has 1 fully saturated rings. The second kappa shape index (κ2) is 4.96. The van der Waals surface area contributed by atoms with Crippen molar-refractivity contribution < 1.29 is 0 Å². The highest BCUT2D eigenvalue weighted by atomic mass is 15.2. The maximum Gasteiger partial charge on any atom is 0.0684 e. The first-order chi connectivity index (χ1) is 6.93. The molecular weight excluding hydrogens is 186 g/mol. The molecule has 86 valence electrons. The van der Waals surface area contributed by atoms with Crippen LogP contribution >= 0.6 is 0 Å². The minimum atomic E-state index is -0.183. The molecule has 1 N–H and O–H groups in total. The Bertz CT molecular complexity index is 232. The highest BCUT2D eigenvalue weighted by Gasteiger charge is 2.23. The van der Waals surface area contributed by atoms with Gasteiger partial charge in [-0.25, -0.2) is 0 Å². The molecule has 1 aliphatic heterocycles.